The molecule has 0 aromatic carbocycles. The summed E-state index contributed by atoms with van der Waals surface area (Å²) in [4.78, 5) is 53.5. The van der Waals surface area contributed by atoms with Crippen molar-refractivity contribution in [2.24, 2.45) is 5.73 Å². The van der Waals surface area contributed by atoms with Gasteiger partial charge in [0.25, 0.3) is 0 Å². The molecule has 0 fully saturated rings. The minimum Gasteiger partial charge on any atom is -0.481 e. The van der Waals surface area contributed by atoms with Crippen LogP contribution >= 0.6 is 0 Å². The maximum absolute atomic E-state index is 12.7. The van der Waals surface area contributed by atoms with Crippen LogP contribution in [0.1, 0.15) is 107 Å². The van der Waals surface area contributed by atoms with Crippen LogP contribution in [0.15, 0.2) is 24.8 Å². The van der Waals surface area contributed by atoms with Crippen molar-refractivity contribution in [2.45, 2.75) is 72.1 Å². The van der Waals surface area contributed by atoms with E-state index in [0.717, 1.165) is 39.0 Å². The number of aromatic carboxylic acids is 1. The first-order valence-corrected chi connectivity index (χ1v) is 14.7. The third kappa shape index (κ3) is 5.21. The zero-order chi connectivity index (χ0) is 32.0. The van der Waals surface area contributed by atoms with E-state index in [9.17, 15) is 24.6 Å². The van der Waals surface area contributed by atoms with Crippen molar-refractivity contribution in [3.63, 3.8) is 0 Å². The van der Waals surface area contributed by atoms with E-state index in [1.165, 1.54) is 0 Å². The second-order valence-electron chi connectivity index (χ2n) is 11.6. The second kappa shape index (κ2) is 11.6. The number of nitrogens with zero attached hydrogens (tertiary/aromatic N) is 2. The lowest BCUT2D eigenvalue weighted by molar-refractivity contribution is -0.136. The first-order chi connectivity index (χ1) is 20.9. The number of fused-ring (bicyclic) bond motifs is 8. The highest BCUT2D eigenvalue weighted by atomic mass is 16.4. The van der Waals surface area contributed by atoms with Crippen LogP contribution in [0.5, 0.6) is 0 Å². The lowest BCUT2D eigenvalue weighted by atomic mass is 9.85. The number of H-pyrrole nitrogens is 2. The number of aliphatic carboxylic acids is 1. The van der Waals surface area contributed by atoms with Gasteiger partial charge in [-0.1, -0.05) is 26.5 Å². The summed E-state index contributed by atoms with van der Waals surface area (Å²) in [5.74, 6) is -3.38. The molecule has 6 N–H and O–H groups in total. The number of hydrogen-bond donors (Lipinski definition) is 5. The van der Waals surface area contributed by atoms with Crippen molar-refractivity contribution in [1.29, 1.82) is 0 Å². The standard InChI is InChI=1S/C34H37N5O5/c1-7-19-15(3)23-12-25-17(5)21(9-10-29(35)40)32(38-25)22(11-30(41)42)33-31(34(43)44)18(6)26(39-33)14-28-20(8-2)16(4)24(37-28)13-27(19)36-23/h7,12-14,17,21,36,39H,1,8-11H2,2-6H3,(H2,35,40)(H,41,42)(H,43,44)/t17-,21?/m0/s1. The van der Waals surface area contributed by atoms with Crippen LogP contribution in [0.25, 0.3) is 39.3 Å². The van der Waals surface area contributed by atoms with E-state index in [1.807, 2.05) is 45.9 Å². The largest absolute Gasteiger partial charge is 0.481 e. The Kier molecular flexibility index (Phi) is 8.03. The first kappa shape index (κ1) is 30.5. The number of amides is 1. The predicted molar refractivity (Wildman–Crippen MR) is 171 cm³/mol. The van der Waals surface area contributed by atoms with Gasteiger partial charge in [0.2, 0.25) is 5.91 Å². The van der Waals surface area contributed by atoms with Crippen LogP contribution in [0, 0.1) is 13.8 Å². The molecule has 0 spiro atoms. The molecule has 3 aromatic heterocycles. The van der Waals surface area contributed by atoms with E-state index in [2.05, 4.69) is 16.5 Å². The number of primary amides is 1. The van der Waals surface area contributed by atoms with Crippen molar-refractivity contribution in [2.75, 3.05) is 0 Å². The second-order valence-corrected chi connectivity index (χ2v) is 11.6. The van der Waals surface area contributed by atoms with Gasteiger partial charge in [-0.2, -0.15) is 0 Å². The molecule has 2 aliphatic heterocycles. The molecule has 10 nitrogen and oxygen atoms in total. The van der Waals surface area contributed by atoms with Crippen molar-refractivity contribution < 1.29 is 24.6 Å². The van der Waals surface area contributed by atoms with Gasteiger partial charge in [0.05, 0.1) is 34.6 Å². The molecule has 0 saturated heterocycles. The molecular weight excluding hydrogens is 558 g/mol. The minimum atomic E-state index is -1.19. The highest BCUT2D eigenvalue weighted by Crippen LogP contribution is 2.43. The monoisotopic (exact) mass is 595 g/mol. The Balaban J connectivity index is 2.04. The predicted octanol–water partition coefficient (Wildman–Crippen LogP) is 6.39. The van der Waals surface area contributed by atoms with Gasteiger partial charge in [0.15, 0.2) is 0 Å². The van der Waals surface area contributed by atoms with Crippen molar-refractivity contribution in [3.05, 3.63) is 75.4 Å². The Hall–Kier alpha value is -4.99. The number of aromatic amines is 2. The van der Waals surface area contributed by atoms with Gasteiger partial charge in [-0.15, -0.1) is 0 Å². The number of aromatic nitrogens is 4. The molecule has 5 heterocycles. The summed E-state index contributed by atoms with van der Waals surface area (Å²) < 4.78 is 0. The number of hydrogen-bond acceptors (Lipinski definition) is 5. The van der Waals surface area contributed by atoms with Crippen LogP contribution in [0.4, 0.5) is 0 Å². The topological polar surface area (TPSA) is 175 Å². The van der Waals surface area contributed by atoms with Crippen LogP contribution in [0.3, 0.4) is 0 Å². The molecule has 8 bridgehead atoms. The molecular formula is C34H37N5O5. The van der Waals surface area contributed by atoms with E-state index in [0.29, 0.717) is 41.0 Å². The molecule has 0 aliphatic carbocycles. The van der Waals surface area contributed by atoms with Crippen LogP contribution < -0.4 is 5.73 Å². The Labute approximate surface area is 254 Å². The zero-order valence-electron chi connectivity index (χ0n) is 25.6. The molecule has 0 radical (unpaired) electrons. The van der Waals surface area contributed by atoms with Gasteiger partial charge in [-0.05, 0) is 74.1 Å². The maximum atomic E-state index is 12.7. The fourth-order valence-corrected chi connectivity index (χ4v) is 6.55. The Morgan fingerprint density at radius 3 is 2.30 bits per heavy atom. The lowest BCUT2D eigenvalue weighted by Gasteiger charge is -2.17. The van der Waals surface area contributed by atoms with Gasteiger partial charge >= 0.3 is 11.9 Å². The fraction of sp³-hybridized carbons (Fsp3) is 0.324. The number of nitrogens with two attached hydrogens (primary N) is 1. The van der Waals surface area contributed by atoms with Crippen molar-refractivity contribution in [3.8, 4) is 0 Å². The summed E-state index contributed by atoms with van der Waals surface area (Å²) in [6.45, 7) is 13.8. The number of allylic oxidation sites excluding steroid dienone is 2. The maximum Gasteiger partial charge on any atom is 0.338 e. The molecule has 1 unspecified atom stereocenters. The molecule has 2 aliphatic rings. The summed E-state index contributed by atoms with van der Waals surface area (Å²) in [6, 6.07) is 5.76. The summed E-state index contributed by atoms with van der Waals surface area (Å²) in [5, 5.41) is 20.4. The van der Waals surface area contributed by atoms with Crippen molar-refractivity contribution >= 4 is 57.1 Å². The smallest absolute Gasteiger partial charge is 0.338 e. The van der Waals surface area contributed by atoms with Gasteiger partial charge in [-0.25, -0.2) is 9.78 Å². The number of rotatable bonds is 8. The van der Waals surface area contributed by atoms with Gasteiger partial charge in [0.1, 0.15) is 0 Å². The zero-order valence-corrected chi connectivity index (χ0v) is 25.6. The number of carbonyl (C=O) groups is 3. The summed E-state index contributed by atoms with van der Waals surface area (Å²) >= 11 is 0. The molecule has 3 aromatic rings. The van der Waals surface area contributed by atoms with Crippen molar-refractivity contribution in [1.82, 2.24) is 19.9 Å². The van der Waals surface area contributed by atoms with Gasteiger partial charge < -0.3 is 25.9 Å². The van der Waals surface area contributed by atoms with E-state index in [4.69, 9.17) is 15.7 Å². The first-order valence-electron chi connectivity index (χ1n) is 14.7. The third-order valence-electron chi connectivity index (χ3n) is 8.98. The van der Waals surface area contributed by atoms with Crippen LogP contribution in [-0.4, -0.2) is 48.0 Å². The summed E-state index contributed by atoms with van der Waals surface area (Å²) in [7, 11) is 0. The fourth-order valence-electron chi connectivity index (χ4n) is 6.55. The van der Waals surface area contributed by atoms with E-state index >= 15 is 0 Å². The summed E-state index contributed by atoms with van der Waals surface area (Å²) in [6.07, 6.45) is 2.44. The number of carboxylic acids is 2. The van der Waals surface area contributed by atoms with Crippen LogP contribution in [0.2, 0.25) is 0 Å². The average molecular weight is 596 g/mol. The normalized spacial score (nSPS) is 16.3. The average Bonchev–Trinajstić information content (AvgIpc) is 3.63. The number of carboxylic acid groups (broad SMARTS) is 2. The number of nitrogens with one attached hydrogen (secondary N) is 2. The SMILES string of the molecule is C=Cc1c(C)c2cc3nc(c(CC(=O)O)c4[nH]c(cc5nc(cc1[nH]2)C(C)=C5CC)c(C)c4C(=O)O)C(CCC(N)=O)[C@@H]3C. The molecule has 228 valence electrons. The highest BCUT2D eigenvalue weighted by Gasteiger charge is 2.33. The van der Waals surface area contributed by atoms with E-state index in [-0.39, 0.29) is 34.9 Å². The quantitative estimate of drug-likeness (QED) is 0.200. The molecule has 2 atom stereocenters. The Morgan fingerprint density at radius 2 is 1.68 bits per heavy atom. The molecule has 1 amide bonds. The van der Waals surface area contributed by atoms with Gasteiger partial charge in [-0.3, -0.25) is 14.6 Å². The summed E-state index contributed by atoms with van der Waals surface area (Å²) in [5.41, 5.74) is 15.1. The highest BCUT2D eigenvalue weighted by molar-refractivity contribution is 6.02. The third-order valence-corrected chi connectivity index (χ3v) is 8.98. The number of carbonyl (C=O) groups excluding carboxylic acids is 1. The minimum absolute atomic E-state index is 0.0218. The molecule has 44 heavy (non-hydrogen) atoms. The van der Waals surface area contributed by atoms with E-state index < -0.39 is 24.3 Å². The molecule has 10 heteroatoms. The molecule has 5 rings (SSSR count). The Bertz CT molecular complexity index is 1940. The lowest BCUT2D eigenvalue weighted by Crippen LogP contribution is -2.15. The van der Waals surface area contributed by atoms with E-state index in [1.54, 1.807) is 13.0 Å². The van der Waals surface area contributed by atoms with Crippen LogP contribution in [-0.2, 0) is 16.0 Å². The van der Waals surface area contributed by atoms with Gasteiger partial charge in [0, 0.05) is 51.6 Å². The molecule has 0 saturated carbocycles. The number of aryl methyl sites for hydroxylation is 2. The Morgan fingerprint density at radius 1 is 1.00 bits per heavy atom.